The molecule has 0 saturated heterocycles. The number of rotatable bonds is 2. The minimum Gasteiger partial charge on any atom is -0.321 e. The second-order valence-corrected chi connectivity index (χ2v) is 6.67. The monoisotopic (exact) mass is 231 g/mol. The van der Waals surface area contributed by atoms with Crippen LogP contribution < -0.4 is 5.73 Å². The first-order valence-electron chi connectivity index (χ1n) is 6.75. The maximum atomic E-state index is 6.45. The van der Waals surface area contributed by atoms with Gasteiger partial charge in [-0.3, -0.25) is 0 Å². The van der Waals surface area contributed by atoms with Crippen molar-refractivity contribution in [2.45, 2.75) is 57.9 Å². The normalized spacial score (nSPS) is 28.9. The summed E-state index contributed by atoms with van der Waals surface area (Å²) in [5.41, 5.74) is 9.33. The largest absolute Gasteiger partial charge is 0.321 e. The second kappa shape index (κ2) is 4.13. The molecule has 1 aromatic rings. The van der Waals surface area contributed by atoms with Gasteiger partial charge in [0, 0.05) is 5.54 Å². The highest BCUT2D eigenvalue weighted by Crippen LogP contribution is 2.45. The van der Waals surface area contributed by atoms with Crippen molar-refractivity contribution < 1.29 is 0 Å². The van der Waals surface area contributed by atoms with Crippen molar-refractivity contribution >= 4 is 0 Å². The zero-order valence-corrected chi connectivity index (χ0v) is 11.6. The lowest BCUT2D eigenvalue weighted by molar-refractivity contribution is 0.143. The molecule has 0 aromatic heterocycles. The Hall–Kier alpha value is -0.820. The van der Waals surface area contributed by atoms with E-state index >= 15 is 0 Å². The Morgan fingerprint density at radius 1 is 1.18 bits per heavy atom. The van der Waals surface area contributed by atoms with Crippen molar-refractivity contribution in [3.63, 3.8) is 0 Å². The Morgan fingerprint density at radius 3 is 2.12 bits per heavy atom. The lowest BCUT2D eigenvalue weighted by Crippen LogP contribution is -2.48. The Labute approximate surface area is 105 Å². The Bertz CT molecular complexity index is 377. The molecule has 94 valence electrons. The van der Waals surface area contributed by atoms with E-state index < -0.39 is 0 Å². The molecule has 1 aliphatic carbocycles. The Balaban J connectivity index is 2.14. The van der Waals surface area contributed by atoms with Crippen LogP contribution in [0.25, 0.3) is 0 Å². The predicted octanol–water partition coefficient (Wildman–Crippen LogP) is 3.96. The zero-order chi connectivity index (χ0) is 12.7. The summed E-state index contributed by atoms with van der Waals surface area (Å²) in [6.45, 7) is 9.00. The van der Waals surface area contributed by atoms with E-state index in [2.05, 4.69) is 52.0 Å². The molecule has 17 heavy (non-hydrogen) atoms. The molecule has 0 radical (unpaired) electrons. The van der Waals surface area contributed by atoms with Gasteiger partial charge < -0.3 is 5.73 Å². The molecule has 1 fully saturated rings. The van der Waals surface area contributed by atoms with E-state index in [1.54, 1.807) is 0 Å². The maximum Gasteiger partial charge on any atom is 0.0414 e. The minimum absolute atomic E-state index is 0.0446. The van der Waals surface area contributed by atoms with Gasteiger partial charge in [-0.05, 0) is 35.3 Å². The summed E-state index contributed by atoms with van der Waals surface area (Å²) in [5.74, 6) is 0.835. The highest BCUT2D eigenvalue weighted by atomic mass is 14.8. The quantitative estimate of drug-likeness (QED) is 0.819. The molecule has 0 amide bonds. The van der Waals surface area contributed by atoms with Gasteiger partial charge in [-0.2, -0.15) is 0 Å². The van der Waals surface area contributed by atoms with Crippen molar-refractivity contribution in [3.05, 3.63) is 35.4 Å². The number of benzene rings is 1. The first-order chi connectivity index (χ1) is 7.85. The smallest absolute Gasteiger partial charge is 0.0414 e. The standard InChI is InChI=1S/C16H25N/c1-5-12-10-16(17,11-12)14-8-6-13(7-9-14)15(2,3)4/h6-9,12H,5,10-11,17H2,1-4H3. The van der Waals surface area contributed by atoms with E-state index in [4.69, 9.17) is 5.73 Å². The molecule has 0 atom stereocenters. The van der Waals surface area contributed by atoms with Gasteiger partial charge in [-0.25, -0.2) is 0 Å². The predicted molar refractivity (Wildman–Crippen MR) is 74.0 cm³/mol. The van der Waals surface area contributed by atoms with Crippen molar-refractivity contribution in [3.8, 4) is 0 Å². The molecule has 0 spiro atoms. The SMILES string of the molecule is CCC1CC(N)(c2ccc(C(C)(C)C)cc2)C1. The van der Waals surface area contributed by atoms with Crippen molar-refractivity contribution in [1.82, 2.24) is 0 Å². The van der Waals surface area contributed by atoms with Gasteiger partial charge in [0.1, 0.15) is 0 Å². The van der Waals surface area contributed by atoms with Gasteiger partial charge in [-0.1, -0.05) is 58.4 Å². The van der Waals surface area contributed by atoms with E-state index in [0.29, 0.717) is 0 Å². The van der Waals surface area contributed by atoms with Crippen LogP contribution in [0.5, 0.6) is 0 Å². The highest BCUT2D eigenvalue weighted by molar-refractivity contribution is 5.33. The molecule has 2 N–H and O–H groups in total. The van der Waals surface area contributed by atoms with Crippen LogP contribution in [0, 0.1) is 5.92 Å². The fraction of sp³-hybridized carbons (Fsp3) is 0.625. The highest BCUT2D eigenvalue weighted by Gasteiger charge is 2.41. The van der Waals surface area contributed by atoms with E-state index in [9.17, 15) is 0 Å². The molecule has 0 heterocycles. The number of hydrogen-bond donors (Lipinski definition) is 1. The van der Waals surface area contributed by atoms with Gasteiger partial charge >= 0.3 is 0 Å². The minimum atomic E-state index is -0.0446. The molecular formula is C16H25N. The first-order valence-corrected chi connectivity index (χ1v) is 6.75. The molecule has 2 rings (SSSR count). The molecule has 1 saturated carbocycles. The summed E-state index contributed by atoms with van der Waals surface area (Å²) in [7, 11) is 0. The summed E-state index contributed by atoms with van der Waals surface area (Å²) < 4.78 is 0. The van der Waals surface area contributed by atoms with Gasteiger partial charge in [0.2, 0.25) is 0 Å². The lowest BCUT2D eigenvalue weighted by Gasteiger charge is -2.45. The summed E-state index contributed by atoms with van der Waals surface area (Å²) in [6.07, 6.45) is 3.57. The van der Waals surface area contributed by atoms with Crippen LogP contribution in [0.3, 0.4) is 0 Å². The van der Waals surface area contributed by atoms with E-state index in [-0.39, 0.29) is 11.0 Å². The van der Waals surface area contributed by atoms with Gasteiger partial charge in [0.15, 0.2) is 0 Å². The molecular weight excluding hydrogens is 206 g/mol. The summed E-state index contributed by atoms with van der Waals surface area (Å²) in [4.78, 5) is 0. The molecule has 1 aromatic carbocycles. The number of nitrogens with two attached hydrogens (primary N) is 1. The van der Waals surface area contributed by atoms with E-state index in [1.165, 1.54) is 17.5 Å². The maximum absolute atomic E-state index is 6.45. The van der Waals surface area contributed by atoms with E-state index in [1.807, 2.05) is 0 Å². The summed E-state index contributed by atoms with van der Waals surface area (Å²) in [6, 6.07) is 8.94. The van der Waals surface area contributed by atoms with Gasteiger partial charge in [0.05, 0.1) is 0 Å². The molecule has 1 aliphatic rings. The fourth-order valence-electron chi connectivity index (χ4n) is 2.80. The third kappa shape index (κ3) is 2.40. The van der Waals surface area contributed by atoms with Crippen molar-refractivity contribution in [2.24, 2.45) is 11.7 Å². The third-order valence-corrected chi connectivity index (χ3v) is 4.21. The van der Waals surface area contributed by atoms with Gasteiger partial charge in [0.25, 0.3) is 0 Å². The van der Waals surface area contributed by atoms with Crippen LogP contribution in [0.1, 0.15) is 58.1 Å². The second-order valence-electron chi connectivity index (χ2n) is 6.67. The zero-order valence-electron chi connectivity index (χ0n) is 11.6. The Kier molecular flexibility index (Phi) is 3.07. The first kappa shape index (κ1) is 12.6. The lowest BCUT2D eigenvalue weighted by atomic mass is 9.64. The van der Waals surface area contributed by atoms with Crippen LogP contribution >= 0.6 is 0 Å². The number of hydrogen-bond acceptors (Lipinski definition) is 1. The fourth-order valence-corrected chi connectivity index (χ4v) is 2.80. The van der Waals surface area contributed by atoms with Crippen molar-refractivity contribution in [2.75, 3.05) is 0 Å². The van der Waals surface area contributed by atoms with Crippen LogP contribution in [0.4, 0.5) is 0 Å². The average molecular weight is 231 g/mol. The Morgan fingerprint density at radius 2 is 1.71 bits per heavy atom. The molecule has 1 heteroatoms. The summed E-state index contributed by atoms with van der Waals surface area (Å²) >= 11 is 0. The summed E-state index contributed by atoms with van der Waals surface area (Å²) in [5, 5.41) is 0. The van der Waals surface area contributed by atoms with Crippen LogP contribution in [0.15, 0.2) is 24.3 Å². The molecule has 0 unspecified atom stereocenters. The van der Waals surface area contributed by atoms with Crippen LogP contribution in [0.2, 0.25) is 0 Å². The molecule has 0 bridgehead atoms. The topological polar surface area (TPSA) is 26.0 Å². The van der Waals surface area contributed by atoms with E-state index in [0.717, 1.165) is 18.8 Å². The van der Waals surface area contributed by atoms with Gasteiger partial charge in [-0.15, -0.1) is 0 Å². The molecule has 1 nitrogen and oxygen atoms in total. The average Bonchev–Trinajstić information content (AvgIpc) is 2.23. The van der Waals surface area contributed by atoms with Crippen LogP contribution in [-0.2, 0) is 11.0 Å². The third-order valence-electron chi connectivity index (χ3n) is 4.21. The van der Waals surface area contributed by atoms with Crippen LogP contribution in [-0.4, -0.2) is 0 Å². The molecule has 0 aliphatic heterocycles. The van der Waals surface area contributed by atoms with Crippen molar-refractivity contribution in [1.29, 1.82) is 0 Å².